The maximum atomic E-state index is 5.22. The Morgan fingerprint density at radius 3 is 2.83 bits per heavy atom. The summed E-state index contributed by atoms with van der Waals surface area (Å²) in [4.78, 5) is 5.22. The molecule has 2 aromatic rings. The molecule has 1 aromatic heterocycles. The molecule has 1 heterocycles. The van der Waals surface area contributed by atoms with Crippen LogP contribution in [-0.2, 0) is 16.1 Å². The Balaban J connectivity index is 1.92. The second-order valence-electron chi connectivity index (χ2n) is 3.80. The zero-order chi connectivity index (χ0) is 12.6. The van der Waals surface area contributed by atoms with Gasteiger partial charge in [-0.3, -0.25) is 9.94 Å². The van der Waals surface area contributed by atoms with E-state index in [1.165, 1.54) is 0 Å². The predicted molar refractivity (Wildman–Crippen MR) is 68.7 cm³/mol. The molecule has 0 saturated heterocycles. The number of ether oxygens (including phenoxy) is 1. The van der Waals surface area contributed by atoms with E-state index in [9.17, 15) is 0 Å². The van der Waals surface area contributed by atoms with Crippen LogP contribution in [0, 0.1) is 0 Å². The Morgan fingerprint density at radius 1 is 1.22 bits per heavy atom. The molecule has 0 aliphatic heterocycles. The summed E-state index contributed by atoms with van der Waals surface area (Å²) in [5.74, 6) is 0. The van der Waals surface area contributed by atoms with Crippen LogP contribution in [0.5, 0.6) is 0 Å². The molecule has 18 heavy (non-hydrogen) atoms. The molecular weight excluding hydrogens is 230 g/mol. The van der Waals surface area contributed by atoms with E-state index in [4.69, 9.17) is 9.57 Å². The van der Waals surface area contributed by atoms with Crippen molar-refractivity contribution in [3.05, 3.63) is 42.1 Å². The highest BCUT2D eigenvalue weighted by Gasteiger charge is 2.06. The first-order valence-corrected chi connectivity index (χ1v) is 5.83. The third kappa shape index (κ3) is 3.40. The summed E-state index contributed by atoms with van der Waals surface area (Å²) in [5.41, 5.74) is 6.09. The fourth-order valence-corrected chi connectivity index (χ4v) is 1.63. The highest BCUT2D eigenvalue weighted by atomic mass is 16.7. The van der Waals surface area contributed by atoms with Crippen molar-refractivity contribution < 1.29 is 9.57 Å². The molecule has 0 amide bonds. The van der Waals surface area contributed by atoms with Crippen LogP contribution in [-0.4, -0.2) is 30.5 Å². The number of hydrogen-bond donors (Lipinski definition) is 2. The number of aromatic amines is 1. The Kier molecular flexibility index (Phi) is 4.89. The number of hydrogen-bond acceptors (Lipinski definition) is 4. The zero-order valence-corrected chi connectivity index (χ0v) is 10.3. The topological polar surface area (TPSA) is 59.2 Å². The normalized spacial score (nSPS) is 10.7. The van der Waals surface area contributed by atoms with Crippen molar-refractivity contribution >= 4 is 0 Å². The van der Waals surface area contributed by atoms with Gasteiger partial charge in [0.2, 0.25) is 0 Å². The van der Waals surface area contributed by atoms with E-state index in [0.717, 1.165) is 16.8 Å². The lowest BCUT2D eigenvalue weighted by atomic mass is 10.1. The number of rotatable bonds is 7. The third-order valence-electron chi connectivity index (χ3n) is 2.53. The molecule has 5 nitrogen and oxygen atoms in total. The van der Waals surface area contributed by atoms with Gasteiger partial charge in [0, 0.05) is 19.2 Å². The molecule has 5 heteroatoms. The molecular formula is C13H17N3O2. The molecule has 1 aromatic carbocycles. The molecule has 0 aliphatic carbocycles. The standard InChI is InChI=1S/C13H17N3O2/c1-17-7-8-18-15-10-12-9-14-16-13(12)11-5-3-2-4-6-11/h2-6,9,15H,7-8,10H2,1H3,(H,14,16). The van der Waals surface area contributed by atoms with Gasteiger partial charge in [0.1, 0.15) is 0 Å². The van der Waals surface area contributed by atoms with Gasteiger partial charge in [-0.1, -0.05) is 30.3 Å². The maximum Gasteiger partial charge on any atom is 0.0916 e. The number of nitrogens with zero attached hydrogens (tertiary/aromatic N) is 1. The summed E-state index contributed by atoms with van der Waals surface area (Å²) >= 11 is 0. The minimum atomic E-state index is 0.523. The number of aromatic nitrogens is 2. The van der Waals surface area contributed by atoms with Crippen LogP contribution >= 0.6 is 0 Å². The quantitative estimate of drug-likeness (QED) is 0.578. The summed E-state index contributed by atoms with van der Waals surface area (Å²) in [5, 5.41) is 7.07. The van der Waals surface area contributed by atoms with E-state index in [-0.39, 0.29) is 0 Å². The first-order valence-electron chi connectivity index (χ1n) is 5.83. The molecule has 96 valence electrons. The largest absolute Gasteiger partial charge is 0.382 e. The van der Waals surface area contributed by atoms with Crippen molar-refractivity contribution in [3.63, 3.8) is 0 Å². The minimum Gasteiger partial charge on any atom is -0.382 e. The maximum absolute atomic E-state index is 5.22. The summed E-state index contributed by atoms with van der Waals surface area (Å²) in [6, 6.07) is 10.1. The van der Waals surface area contributed by atoms with Gasteiger partial charge in [-0.2, -0.15) is 10.6 Å². The van der Waals surface area contributed by atoms with Crippen molar-refractivity contribution in [1.29, 1.82) is 0 Å². The van der Waals surface area contributed by atoms with E-state index in [1.54, 1.807) is 13.3 Å². The van der Waals surface area contributed by atoms with E-state index < -0.39 is 0 Å². The predicted octanol–water partition coefficient (Wildman–Crippen LogP) is 1.74. The van der Waals surface area contributed by atoms with Gasteiger partial charge in [-0.15, -0.1) is 0 Å². The van der Waals surface area contributed by atoms with E-state index >= 15 is 0 Å². The summed E-state index contributed by atoms with van der Waals surface area (Å²) in [6.07, 6.45) is 1.80. The van der Waals surface area contributed by atoms with E-state index in [0.29, 0.717) is 19.8 Å². The van der Waals surface area contributed by atoms with E-state index in [1.807, 2.05) is 30.3 Å². The Bertz CT molecular complexity index is 456. The Hall–Kier alpha value is -1.69. The molecule has 0 atom stereocenters. The summed E-state index contributed by atoms with van der Waals surface area (Å²) in [7, 11) is 1.65. The number of benzene rings is 1. The van der Waals surface area contributed by atoms with Gasteiger partial charge < -0.3 is 4.74 Å². The highest BCUT2D eigenvalue weighted by Crippen LogP contribution is 2.20. The highest BCUT2D eigenvalue weighted by molar-refractivity contribution is 5.62. The lowest BCUT2D eigenvalue weighted by Gasteiger charge is -2.06. The lowest BCUT2D eigenvalue weighted by molar-refractivity contribution is 0.00353. The SMILES string of the molecule is COCCONCc1cn[nH]c1-c1ccccc1. The second kappa shape index (κ2) is 6.90. The van der Waals surface area contributed by atoms with Crippen molar-refractivity contribution in [2.75, 3.05) is 20.3 Å². The number of hydroxylamine groups is 1. The fraction of sp³-hybridized carbons (Fsp3) is 0.308. The van der Waals surface area contributed by atoms with Crippen molar-refractivity contribution in [2.45, 2.75) is 6.54 Å². The van der Waals surface area contributed by atoms with Gasteiger partial charge in [0.15, 0.2) is 0 Å². The molecule has 0 aliphatic rings. The first kappa shape index (κ1) is 12.8. The molecule has 2 rings (SSSR count). The molecule has 0 bridgehead atoms. The monoisotopic (exact) mass is 247 g/mol. The fourth-order valence-electron chi connectivity index (χ4n) is 1.63. The first-order chi connectivity index (χ1) is 8.92. The summed E-state index contributed by atoms with van der Waals surface area (Å²) < 4.78 is 4.89. The van der Waals surface area contributed by atoms with Gasteiger partial charge >= 0.3 is 0 Å². The smallest absolute Gasteiger partial charge is 0.0916 e. The van der Waals surface area contributed by atoms with Gasteiger partial charge in [-0.25, -0.2) is 0 Å². The van der Waals surface area contributed by atoms with Crippen molar-refractivity contribution in [1.82, 2.24) is 15.7 Å². The lowest BCUT2D eigenvalue weighted by Crippen LogP contribution is -2.17. The van der Waals surface area contributed by atoms with Crippen molar-refractivity contribution in [3.8, 4) is 11.3 Å². The van der Waals surface area contributed by atoms with Crippen LogP contribution < -0.4 is 5.48 Å². The third-order valence-corrected chi connectivity index (χ3v) is 2.53. The van der Waals surface area contributed by atoms with Crippen LogP contribution in [0.3, 0.4) is 0 Å². The second-order valence-corrected chi connectivity index (χ2v) is 3.80. The van der Waals surface area contributed by atoms with Crippen LogP contribution in [0.1, 0.15) is 5.56 Å². The molecule has 0 saturated carbocycles. The minimum absolute atomic E-state index is 0.523. The van der Waals surface area contributed by atoms with Crippen LogP contribution in [0.4, 0.5) is 0 Å². The number of H-pyrrole nitrogens is 1. The zero-order valence-electron chi connectivity index (χ0n) is 10.3. The average Bonchev–Trinajstić information content (AvgIpc) is 2.88. The molecule has 0 fully saturated rings. The molecule has 2 N–H and O–H groups in total. The average molecular weight is 247 g/mol. The number of nitrogens with one attached hydrogen (secondary N) is 2. The Morgan fingerprint density at radius 2 is 2.06 bits per heavy atom. The van der Waals surface area contributed by atoms with Crippen molar-refractivity contribution in [2.24, 2.45) is 0 Å². The Labute approximate surface area is 106 Å². The molecule has 0 radical (unpaired) electrons. The van der Waals surface area contributed by atoms with E-state index in [2.05, 4.69) is 15.7 Å². The molecule has 0 unspecified atom stereocenters. The summed E-state index contributed by atoms with van der Waals surface area (Å²) in [6.45, 7) is 1.70. The molecule has 0 spiro atoms. The number of methoxy groups -OCH3 is 1. The van der Waals surface area contributed by atoms with Gasteiger partial charge in [0.25, 0.3) is 0 Å². The van der Waals surface area contributed by atoms with Crippen LogP contribution in [0.25, 0.3) is 11.3 Å². The van der Waals surface area contributed by atoms with Crippen LogP contribution in [0.2, 0.25) is 0 Å². The van der Waals surface area contributed by atoms with Gasteiger partial charge in [-0.05, 0) is 5.56 Å². The van der Waals surface area contributed by atoms with Gasteiger partial charge in [0.05, 0.1) is 25.1 Å². The van der Waals surface area contributed by atoms with Crippen LogP contribution in [0.15, 0.2) is 36.5 Å².